The molecule has 58 valence electrons. The summed E-state index contributed by atoms with van der Waals surface area (Å²) in [5.74, 6) is 1.13. The molecular formula is C6H9N5. The largest absolute Gasteiger partial charge is 0.368 e. The molecular weight excluding hydrogens is 142 g/mol. The molecule has 1 aromatic heterocycles. The molecule has 2 rings (SSSR count). The normalized spacial score (nSPS) is 14.5. The van der Waals surface area contributed by atoms with Crippen LogP contribution in [0.4, 0.5) is 17.5 Å². The Bertz CT molecular complexity index is 284. The van der Waals surface area contributed by atoms with Gasteiger partial charge in [0.1, 0.15) is 0 Å². The minimum absolute atomic E-state index is 0.312. The summed E-state index contributed by atoms with van der Waals surface area (Å²) >= 11 is 0. The summed E-state index contributed by atoms with van der Waals surface area (Å²) in [6.45, 7) is 0.771. The Hall–Kier alpha value is -1.52. The number of nitrogens with one attached hydrogen (secondary N) is 1. The zero-order chi connectivity index (χ0) is 7.84. The van der Waals surface area contributed by atoms with Gasteiger partial charge < -0.3 is 16.0 Å². The van der Waals surface area contributed by atoms with Crippen molar-refractivity contribution in [2.75, 3.05) is 29.7 Å². The highest BCUT2D eigenvalue weighted by Crippen LogP contribution is 2.26. The van der Waals surface area contributed by atoms with Crippen LogP contribution in [0.5, 0.6) is 0 Å². The number of nitrogens with zero attached hydrogens (tertiary/aromatic N) is 3. The van der Waals surface area contributed by atoms with Gasteiger partial charge in [-0.3, -0.25) is 0 Å². The molecule has 0 amide bonds. The van der Waals surface area contributed by atoms with E-state index in [1.807, 2.05) is 11.9 Å². The van der Waals surface area contributed by atoms with Gasteiger partial charge in [-0.2, -0.15) is 4.98 Å². The minimum Gasteiger partial charge on any atom is -0.368 e. The first-order chi connectivity index (χ1) is 5.27. The summed E-state index contributed by atoms with van der Waals surface area (Å²) in [6, 6.07) is 0. The fourth-order valence-electron chi connectivity index (χ4n) is 1.08. The van der Waals surface area contributed by atoms with Gasteiger partial charge in [0.15, 0.2) is 5.82 Å². The minimum atomic E-state index is 0.312. The molecule has 11 heavy (non-hydrogen) atoms. The zero-order valence-corrected chi connectivity index (χ0v) is 6.20. The van der Waals surface area contributed by atoms with Crippen molar-refractivity contribution in [2.45, 2.75) is 0 Å². The molecule has 0 bridgehead atoms. The van der Waals surface area contributed by atoms with Crippen LogP contribution in [0.25, 0.3) is 0 Å². The summed E-state index contributed by atoms with van der Waals surface area (Å²) in [5.41, 5.74) is 6.39. The lowest BCUT2D eigenvalue weighted by atomic mass is 10.5. The fourth-order valence-corrected chi connectivity index (χ4v) is 1.08. The summed E-state index contributed by atoms with van der Waals surface area (Å²) in [5, 5.41) is 3.09. The second kappa shape index (κ2) is 1.98. The lowest BCUT2D eigenvalue weighted by molar-refractivity contribution is 1.03. The molecule has 0 saturated heterocycles. The molecule has 3 N–H and O–H groups in total. The Balaban J connectivity index is 2.50. The molecule has 0 aliphatic carbocycles. The Labute approximate surface area is 64.2 Å². The number of hydrogen-bond acceptors (Lipinski definition) is 5. The molecule has 0 unspecified atom stereocenters. The third-order valence-electron chi connectivity index (χ3n) is 1.68. The molecule has 0 radical (unpaired) electrons. The number of anilines is 3. The third-order valence-corrected chi connectivity index (χ3v) is 1.68. The second-order valence-corrected chi connectivity index (χ2v) is 2.49. The van der Waals surface area contributed by atoms with E-state index in [4.69, 9.17) is 5.73 Å². The molecule has 1 aliphatic heterocycles. The van der Waals surface area contributed by atoms with E-state index in [1.165, 1.54) is 0 Å². The maximum atomic E-state index is 5.40. The van der Waals surface area contributed by atoms with Crippen LogP contribution >= 0.6 is 0 Å². The van der Waals surface area contributed by atoms with E-state index in [0.717, 1.165) is 18.2 Å². The predicted molar refractivity (Wildman–Crippen MR) is 43.3 cm³/mol. The monoisotopic (exact) mass is 151 g/mol. The van der Waals surface area contributed by atoms with Crippen LogP contribution in [0, 0.1) is 0 Å². The SMILES string of the molecule is CN1CNc2nc(N)ncc21. The van der Waals surface area contributed by atoms with Gasteiger partial charge in [-0.1, -0.05) is 0 Å². The van der Waals surface area contributed by atoms with Gasteiger partial charge in [0.25, 0.3) is 0 Å². The molecule has 2 heterocycles. The van der Waals surface area contributed by atoms with E-state index < -0.39 is 0 Å². The van der Waals surface area contributed by atoms with Crippen molar-refractivity contribution >= 4 is 17.5 Å². The zero-order valence-electron chi connectivity index (χ0n) is 6.20. The third kappa shape index (κ3) is 0.849. The van der Waals surface area contributed by atoms with Crippen molar-refractivity contribution in [3.63, 3.8) is 0 Å². The van der Waals surface area contributed by atoms with Crippen LogP contribution in [0.15, 0.2) is 6.20 Å². The lowest BCUT2D eigenvalue weighted by Crippen LogP contribution is -2.15. The number of nitrogens with two attached hydrogens (primary N) is 1. The first kappa shape index (κ1) is 6.21. The molecule has 0 atom stereocenters. The van der Waals surface area contributed by atoms with Crippen molar-refractivity contribution in [1.82, 2.24) is 9.97 Å². The molecule has 1 aromatic rings. The van der Waals surface area contributed by atoms with Crippen LogP contribution in [0.1, 0.15) is 0 Å². The molecule has 0 saturated carbocycles. The average Bonchev–Trinajstić information content (AvgIpc) is 2.32. The Morgan fingerprint density at radius 3 is 3.36 bits per heavy atom. The maximum Gasteiger partial charge on any atom is 0.222 e. The number of hydrogen-bond donors (Lipinski definition) is 2. The van der Waals surface area contributed by atoms with Crippen LogP contribution < -0.4 is 16.0 Å². The van der Waals surface area contributed by atoms with Crippen LogP contribution in [0.3, 0.4) is 0 Å². The van der Waals surface area contributed by atoms with E-state index in [-0.39, 0.29) is 0 Å². The topological polar surface area (TPSA) is 67.1 Å². The van der Waals surface area contributed by atoms with Gasteiger partial charge >= 0.3 is 0 Å². The van der Waals surface area contributed by atoms with Gasteiger partial charge in [0.2, 0.25) is 5.95 Å². The summed E-state index contributed by atoms with van der Waals surface area (Å²) in [4.78, 5) is 9.93. The van der Waals surface area contributed by atoms with E-state index in [1.54, 1.807) is 6.20 Å². The van der Waals surface area contributed by atoms with Crippen molar-refractivity contribution in [2.24, 2.45) is 0 Å². The first-order valence-corrected chi connectivity index (χ1v) is 3.35. The van der Waals surface area contributed by atoms with Crippen LogP contribution in [-0.2, 0) is 0 Å². The predicted octanol–water partition coefficient (Wildman–Crippen LogP) is -0.122. The highest BCUT2D eigenvalue weighted by Gasteiger charge is 2.16. The van der Waals surface area contributed by atoms with Crippen molar-refractivity contribution in [3.8, 4) is 0 Å². The van der Waals surface area contributed by atoms with Crippen molar-refractivity contribution in [1.29, 1.82) is 0 Å². The van der Waals surface area contributed by atoms with Gasteiger partial charge in [-0.25, -0.2) is 4.98 Å². The Kier molecular flexibility index (Phi) is 1.12. The highest BCUT2D eigenvalue weighted by molar-refractivity contribution is 5.70. The molecule has 5 nitrogen and oxygen atoms in total. The standard InChI is InChI=1S/C6H9N5/c1-11-3-9-5-4(11)2-8-6(7)10-5/h2H,3H2,1H3,(H3,7,8,9,10). The van der Waals surface area contributed by atoms with Crippen LogP contribution in [0.2, 0.25) is 0 Å². The first-order valence-electron chi connectivity index (χ1n) is 3.35. The second-order valence-electron chi connectivity index (χ2n) is 2.49. The molecule has 0 aromatic carbocycles. The lowest BCUT2D eigenvalue weighted by Gasteiger charge is -2.07. The molecule has 5 heteroatoms. The molecule has 0 fully saturated rings. The summed E-state index contributed by atoms with van der Waals surface area (Å²) < 4.78 is 0. The quantitative estimate of drug-likeness (QED) is 0.541. The van der Waals surface area contributed by atoms with Crippen LogP contribution in [-0.4, -0.2) is 23.7 Å². The number of rotatable bonds is 0. The number of aromatic nitrogens is 2. The van der Waals surface area contributed by atoms with E-state index in [2.05, 4.69) is 15.3 Å². The highest BCUT2D eigenvalue weighted by atomic mass is 15.3. The maximum absolute atomic E-state index is 5.40. The summed E-state index contributed by atoms with van der Waals surface area (Å²) in [7, 11) is 1.97. The summed E-state index contributed by atoms with van der Waals surface area (Å²) in [6.07, 6.45) is 1.72. The van der Waals surface area contributed by atoms with E-state index in [0.29, 0.717) is 5.95 Å². The molecule has 1 aliphatic rings. The van der Waals surface area contributed by atoms with E-state index in [9.17, 15) is 0 Å². The Morgan fingerprint density at radius 2 is 2.55 bits per heavy atom. The van der Waals surface area contributed by atoms with E-state index >= 15 is 0 Å². The Morgan fingerprint density at radius 1 is 1.73 bits per heavy atom. The number of nitrogen functional groups attached to an aromatic ring is 1. The van der Waals surface area contributed by atoms with Gasteiger partial charge in [0.05, 0.1) is 18.6 Å². The molecule has 0 spiro atoms. The van der Waals surface area contributed by atoms with Crippen molar-refractivity contribution in [3.05, 3.63) is 6.20 Å². The van der Waals surface area contributed by atoms with Gasteiger partial charge in [0, 0.05) is 7.05 Å². The van der Waals surface area contributed by atoms with Gasteiger partial charge in [-0.15, -0.1) is 0 Å². The van der Waals surface area contributed by atoms with Crippen molar-refractivity contribution < 1.29 is 0 Å². The van der Waals surface area contributed by atoms with Gasteiger partial charge in [-0.05, 0) is 0 Å². The smallest absolute Gasteiger partial charge is 0.222 e. The number of fused-ring (bicyclic) bond motifs is 1. The average molecular weight is 151 g/mol. The fraction of sp³-hybridized carbons (Fsp3) is 0.333.